The Morgan fingerprint density at radius 2 is 1.43 bits per heavy atom. The zero-order valence-corrected chi connectivity index (χ0v) is 15.4. The summed E-state index contributed by atoms with van der Waals surface area (Å²) < 4.78 is 16.2. The highest BCUT2D eigenvalue weighted by Crippen LogP contribution is 2.24. The number of hydrogen-bond acceptors (Lipinski definition) is 5. The normalized spacial score (nSPS) is 11.1. The van der Waals surface area contributed by atoms with E-state index in [-0.39, 0.29) is 18.8 Å². The van der Waals surface area contributed by atoms with Crippen LogP contribution in [-0.2, 0) is 23.2 Å². The predicted molar refractivity (Wildman–Crippen MR) is 85.5 cm³/mol. The Morgan fingerprint density at radius 3 is 1.71 bits per heavy atom. The van der Waals surface area contributed by atoms with Crippen molar-refractivity contribution in [2.45, 2.75) is 39.0 Å². The number of esters is 2. The zero-order chi connectivity index (χ0) is 16.6. The van der Waals surface area contributed by atoms with Crippen LogP contribution in [0.25, 0.3) is 0 Å². The summed E-state index contributed by atoms with van der Waals surface area (Å²) >= 11 is 0. The molecule has 0 fully saturated rings. The molecule has 0 aromatic heterocycles. The van der Waals surface area contributed by atoms with Crippen LogP contribution in [0.5, 0.6) is 0 Å². The van der Waals surface area contributed by atoms with Crippen molar-refractivity contribution in [2.24, 2.45) is 0 Å². The molecule has 0 bridgehead atoms. The molecule has 0 saturated heterocycles. The van der Waals surface area contributed by atoms with Gasteiger partial charge in [-0.25, -0.2) is 9.59 Å². The average Bonchev–Trinajstić information content (AvgIpc) is 2.37. The van der Waals surface area contributed by atoms with E-state index < -0.39 is 20.3 Å². The third-order valence-electron chi connectivity index (χ3n) is 2.88. The van der Waals surface area contributed by atoms with Gasteiger partial charge in [-0.3, -0.25) is 0 Å². The van der Waals surface area contributed by atoms with Gasteiger partial charge in [-0.2, -0.15) is 0 Å². The lowest BCUT2D eigenvalue weighted by Gasteiger charge is -2.31. The van der Waals surface area contributed by atoms with Gasteiger partial charge in [-0.05, 0) is 33.5 Å². The van der Waals surface area contributed by atoms with Crippen molar-refractivity contribution in [3.8, 4) is 0 Å². The number of hydrogen-bond donors (Lipinski definition) is 0. The van der Waals surface area contributed by atoms with Crippen LogP contribution in [0.1, 0.15) is 13.8 Å². The van der Waals surface area contributed by atoms with E-state index in [4.69, 9.17) is 13.6 Å². The lowest BCUT2D eigenvalue weighted by atomic mass is 10.3. The molecule has 2 radical (unpaired) electrons. The third kappa shape index (κ3) is 7.40. The van der Waals surface area contributed by atoms with Crippen LogP contribution in [0, 0.1) is 0 Å². The summed E-state index contributed by atoms with van der Waals surface area (Å²) in [4.78, 5) is 23.0. The monoisotopic (exact) mass is 328 g/mol. The Labute approximate surface area is 130 Å². The fraction of sp³-hybridized carbons (Fsp3) is 0.571. The summed E-state index contributed by atoms with van der Waals surface area (Å²) in [7, 11) is -1.80. The van der Waals surface area contributed by atoms with Crippen molar-refractivity contribution in [1.29, 1.82) is 0 Å². The standard InChI is InChI=1S/C14H24O5Si2/c1-10(2)13(15)17-8-12(21(6,7)19-20-5)9-18-14(16)11(3)4/h12H,1,3,8-9H2,2,4-7H3. The molecule has 0 aliphatic carbocycles. The SMILES string of the molecule is C=C(C)C(=O)OCC(COC(=O)C(=C)C)[Si](C)(C)O[Si]C. The quantitative estimate of drug-likeness (QED) is 0.370. The molecular weight excluding hydrogens is 304 g/mol. The number of carbonyl (C=O) groups excluding carboxylic acids is 2. The molecule has 7 heteroatoms. The molecule has 0 aromatic carbocycles. The van der Waals surface area contributed by atoms with Crippen LogP contribution >= 0.6 is 0 Å². The Bertz CT molecular complexity index is 388. The Balaban J connectivity index is 4.77. The molecule has 5 nitrogen and oxygen atoms in total. The van der Waals surface area contributed by atoms with Gasteiger partial charge in [0.15, 0.2) is 8.32 Å². The molecule has 0 unspecified atom stereocenters. The van der Waals surface area contributed by atoms with Gasteiger partial charge in [-0.15, -0.1) is 0 Å². The van der Waals surface area contributed by atoms with E-state index >= 15 is 0 Å². The van der Waals surface area contributed by atoms with E-state index in [1.54, 1.807) is 13.8 Å². The van der Waals surface area contributed by atoms with Crippen molar-refractivity contribution in [3.63, 3.8) is 0 Å². The van der Waals surface area contributed by atoms with Gasteiger partial charge in [0, 0.05) is 16.7 Å². The van der Waals surface area contributed by atoms with Crippen LogP contribution < -0.4 is 0 Å². The second kappa shape index (κ2) is 8.96. The molecule has 0 aliphatic heterocycles. The number of carbonyl (C=O) groups is 2. The lowest BCUT2D eigenvalue weighted by molar-refractivity contribution is -0.141. The second-order valence-corrected chi connectivity index (χ2v) is 10.6. The zero-order valence-electron chi connectivity index (χ0n) is 13.4. The molecule has 0 rings (SSSR count). The molecule has 0 spiro atoms. The third-order valence-corrected chi connectivity index (χ3v) is 8.10. The molecule has 0 N–H and O–H groups in total. The summed E-state index contributed by atoms with van der Waals surface area (Å²) in [6, 6.07) is 0. The van der Waals surface area contributed by atoms with E-state index in [0.717, 1.165) is 0 Å². The highest BCUT2D eigenvalue weighted by Gasteiger charge is 2.35. The highest BCUT2D eigenvalue weighted by atomic mass is 28.4. The van der Waals surface area contributed by atoms with E-state index in [0.29, 0.717) is 20.9 Å². The Hall–Kier alpha value is -1.19. The molecule has 0 atom stereocenters. The van der Waals surface area contributed by atoms with Crippen LogP contribution in [-0.4, -0.2) is 43.2 Å². The molecule has 118 valence electrons. The van der Waals surface area contributed by atoms with Crippen molar-refractivity contribution in [2.75, 3.05) is 13.2 Å². The van der Waals surface area contributed by atoms with Gasteiger partial charge in [-0.1, -0.05) is 13.2 Å². The summed E-state index contributed by atoms with van der Waals surface area (Å²) in [6.07, 6.45) is 0. The maximum atomic E-state index is 11.5. The fourth-order valence-electron chi connectivity index (χ4n) is 1.39. The first-order valence-corrected chi connectivity index (χ1v) is 11.0. The smallest absolute Gasteiger partial charge is 0.333 e. The van der Waals surface area contributed by atoms with E-state index in [2.05, 4.69) is 13.2 Å². The van der Waals surface area contributed by atoms with Crippen molar-refractivity contribution < 1.29 is 23.2 Å². The van der Waals surface area contributed by atoms with Gasteiger partial charge in [0.1, 0.15) is 0 Å². The Kier molecular flexibility index (Phi) is 8.45. The maximum absolute atomic E-state index is 11.5. The number of rotatable bonds is 9. The second-order valence-electron chi connectivity index (χ2n) is 5.36. The van der Waals surface area contributed by atoms with Gasteiger partial charge in [0.2, 0.25) is 9.76 Å². The largest absolute Gasteiger partial charge is 0.462 e. The van der Waals surface area contributed by atoms with E-state index in [1.165, 1.54) is 0 Å². The molecule has 0 amide bonds. The first-order valence-electron chi connectivity index (χ1n) is 6.61. The van der Waals surface area contributed by atoms with Crippen LogP contribution in [0.2, 0.25) is 25.2 Å². The minimum Gasteiger partial charge on any atom is -0.462 e. The summed E-state index contributed by atoms with van der Waals surface area (Å²) in [5.41, 5.74) is 0.535. The van der Waals surface area contributed by atoms with Gasteiger partial charge in [0.05, 0.1) is 13.2 Å². The van der Waals surface area contributed by atoms with Gasteiger partial charge >= 0.3 is 11.9 Å². The Morgan fingerprint density at radius 1 is 1.05 bits per heavy atom. The van der Waals surface area contributed by atoms with E-state index in [1.807, 2.05) is 19.6 Å². The predicted octanol–water partition coefficient (Wildman–Crippen LogP) is 2.48. The average molecular weight is 329 g/mol. The summed E-state index contributed by atoms with van der Waals surface area (Å²) in [5, 5.41) is 0. The molecule has 0 aromatic rings. The lowest BCUT2D eigenvalue weighted by Crippen LogP contribution is -2.42. The first-order chi connectivity index (χ1) is 9.61. The molecule has 21 heavy (non-hydrogen) atoms. The maximum Gasteiger partial charge on any atom is 0.333 e. The first kappa shape index (κ1) is 19.8. The summed E-state index contributed by atoms with van der Waals surface area (Å²) in [6.45, 7) is 16.5. The van der Waals surface area contributed by atoms with Crippen molar-refractivity contribution in [1.82, 2.24) is 0 Å². The molecule has 0 heterocycles. The highest BCUT2D eigenvalue weighted by molar-refractivity contribution is 6.76. The molecule has 0 saturated carbocycles. The van der Waals surface area contributed by atoms with Gasteiger partial charge in [0.25, 0.3) is 0 Å². The minimum atomic E-state index is -2.14. The summed E-state index contributed by atoms with van der Waals surface area (Å²) in [5.74, 6) is -0.898. The van der Waals surface area contributed by atoms with E-state index in [9.17, 15) is 9.59 Å². The fourth-order valence-corrected chi connectivity index (χ4v) is 5.14. The molecular formula is C14H24O5Si2. The van der Waals surface area contributed by atoms with Gasteiger partial charge < -0.3 is 13.6 Å². The minimum absolute atomic E-state index is 0.142. The van der Waals surface area contributed by atoms with Crippen LogP contribution in [0.3, 0.4) is 0 Å². The van der Waals surface area contributed by atoms with Crippen molar-refractivity contribution >= 4 is 30.0 Å². The van der Waals surface area contributed by atoms with Crippen LogP contribution in [0.15, 0.2) is 24.3 Å². The molecule has 0 aliphatic rings. The van der Waals surface area contributed by atoms with Crippen LogP contribution in [0.4, 0.5) is 0 Å². The number of ether oxygens (including phenoxy) is 2. The van der Waals surface area contributed by atoms with Crippen molar-refractivity contribution in [3.05, 3.63) is 24.3 Å². The topological polar surface area (TPSA) is 61.8 Å².